The van der Waals surface area contributed by atoms with Crippen molar-refractivity contribution < 1.29 is 9.57 Å². The molecule has 2 rings (SSSR count). The second-order valence-electron chi connectivity index (χ2n) is 7.46. The normalized spacial score (nSPS) is 12.9. The van der Waals surface area contributed by atoms with Crippen molar-refractivity contribution in [2.45, 2.75) is 33.1 Å². The van der Waals surface area contributed by atoms with Crippen LogP contribution < -0.4 is 10.2 Å². The third-order valence-electron chi connectivity index (χ3n) is 4.96. The Morgan fingerprint density at radius 3 is 2.10 bits per heavy atom. The monoisotopic (exact) mass is 401 g/mol. The predicted molar refractivity (Wildman–Crippen MR) is 126 cm³/mol. The zero-order valence-electron chi connectivity index (χ0n) is 18.3. The lowest BCUT2D eigenvalue weighted by Gasteiger charge is -2.27. The molecule has 0 spiro atoms. The van der Waals surface area contributed by atoms with Gasteiger partial charge in [-0.2, -0.15) is 0 Å². The van der Waals surface area contributed by atoms with Crippen LogP contribution in [0.1, 0.15) is 33.3 Å². The smallest absolute Gasteiger partial charge is 0.129 e. The Morgan fingerprint density at radius 1 is 0.867 bits per heavy atom. The van der Waals surface area contributed by atoms with Gasteiger partial charge in [-0.25, -0.2) is 5.48 Å². The molecule has 0 aromatic heterocycles. The van der Waals surface area contributed by atoms with Gasteiger partial charge in [0.25, 0.3) is 0 Å². The molecule has 0 saturated heterocycles. The molecule has 0 heterocycles. The largest absolute Gasteiger partial charge is 0.457 e. The summed E-state index contributed by atoms with van der Waals surface area (Å²) in [6.45, 7) is 15.8. The summed E-state index contributed by atoms with van der Waals surface area (Å²) in [4.78, 5) is 5.55. The quantitative estimate of drug-likeness (QED) is 0.256. The van der Waals surface area contributed by atoms with E-state index in [9.17, 15) is 0 Å². The van der Waals surface area contributed by atoms with E-state index in [2.05, 4.69) is 57.6 Å². The SMILES string of the molecule is C=C/C=C(\C=C)NO/C(C)=C/C=C(\C)C(C)(C)c1ccc(Oc2ccccc2)cc1. The zero-order valence-corrected chi connectivity index (χ0v) is 18.3. The number of hydroxylamine groups is 1. The van der Waals surface area contributed by atoms with E-state index < -0.39 is 0 Å². The molecule has 0 atom stereocenters. The lowest BCUT2D eigenvalue weighted by molar-refractivity contribution is 0.137. The summed E-state index contributed by atoms with van der Waals surface area (Å²) >= 11 is 0. The fourth-order valence-corrected chi connectivity index (χ4v) is 2.69. The molecule has 2 aromatic rings. The van der Waals surface area contributed by atoms with Gasteiger partial charge in [-0.05, 0) is 61.9 Å². The number of nitrogens with one attached hydrogen (secondary N) is 1. The minimum Gasteiger partial charge on any atom is -0.457 e. The standard InChI is InChI=1S/C27H31NO2/c1-7-12-24(8-2)28-30-22(4)16-15-21(3)27(5,6)23-17-19-26(20-18-23)29-25-13-10-9-11-14-25/h7-20,28H,1-2H2,3-6H3/b21-15+,22-16+,24-12+. The first-order chi connectivity index (χ1) is 14.4. The van der Waals surface area contributed by atoms with Crippen LogP contribution in [0.25, 0.3) is 0 Å². The molecule has 3 nitrogen and oxygen atoms in total. The number of hydrogen-bond acceptors (Lipinski definition) is 3. The second-order valence-corrected chi connectivity index (χ2v) is 7.46. The average molecular weight is 402 g/mol. The van der Waals surface area contributed by atoms with E-state index in [4.69, 9.17) is 9.57 Å². The molecule has 0 amide bonds. The van der Waals surface area contributed by atoms with Gasteiger partial charge in [0.05, 0.1) is 5.70 Å². The van der Waals surface area contributed by atoms with Crippen molar-refractivity contribution in [1.82, 2.24) is 5.48 Å². The maximum Gasteiger partial charge on any atom is 0.129 e. The van der Waals surface area contributed by atoms with E-state index in [1.54, 1.807) is 18.2 Å². The van der Waals surface area contributed by atoms with Gasteiger partial charge in [0.2, 0.25) is 0 Å². The number of allylic oxidation sites excluding steroid dienone is 7. The van der Waals surface area contributed by atoms with Gasteiger partial charge in [-0.3, -0.25) is 0 Å². The Labute approximate surface area is 180 Å². The van der Waals surface area contributed by atoms with Crippen LogP contribution in [-0.4, -0.2) is 0 Å². The van der Waals surface area contributed by atoms with Crippen molar-refractivity contribution >= 4 is 0 Å². The van der Waals surface area contributed by atoms with Gasteiger partial charge in [-0.15, -0.1) is 0 Å². The van der Waals surface area contributed by atoms with Crippen LogP contribution in [0.4, 0.5) is 0 Å². The predicted octanol–water partition coefficient (Wildman–Crippen LogP) is 7.38. The van der Waals surface area contributed by atoms with E-state index >= 15 is 0 Å². The highest BCUT2D eigenvalue weighted by atomic mass is 16.6. The molecule has 0 saturated carbocycles. The molecule has 0 aliphatic heterocycles. The maximum absolute atomic E-state index is 5.89. The summed E-state index contributed by atoms with van der Waals surface area (Å²) < 4.78 is 5.89. The second kappa shape index (κ2) is 10.9. The summed E-state index contributed by atoms with van der Waals surface area (Å²) in [6.07, 6.45) is 9.16. The van der Waals surface area contributed by atoms with Crippen LogP contribution in [0.15, 0.2) is 115 Å². The van der Waals surface area contributed by atoms with E-state index in [-0.39, 0.29) is 5.41 Å². The first kappa shape index (κ1) is 22.8. The Hall–Kier alpha value is -3.46. The van der Waals surface area contributed by atoms with Gasteiger partial charge < -0.3 is 9.57 Å². The molecule has 0 bridgehead atoms. The van der Waals surface area contributed by atoms with Crippen LogP contribution in [0.3, 0.4) is 0 Å². The van der Waals surface area contributed by atoms with Crippen LogP contribution in [0, 0.1) is 0 Å². The first-order valence-electron chi connectivity index (χ1n) is 9.94. The van der Waals surface area contributed by atoms with Crippen LogP contribution in [0.5, 0.6) is 11.5 Å². The maximum atomic E-state index is 5.89. The van der Waals surface area contributed by atoms with E-state index in [1.807, 2.05) is 55.5 Å². The number of ether oxygens (including phenoxy) is 1. The van der Waals surface area contributed by atoms with Crippen LogP contribution in [0.2, 0.25) is 0 Å². The molecule has 156 valence electrons. The Balaban J connectivity index is 2.06. The van der Waals surface area contributed by atoms with Crippen molar-refractivity contribution in [2.24, 2.45) is 0 Å². The molecule has 0 radical (unpaired) electrons. The van der Waals surface area contributed by atoms with E-state index in [0.29, 0.717) is 0 Å². The lowest BCUT2D eigenvalue weighted by atomic mass is 9.78. The molecule has 0 fully saturated rings. The topological polar surface area (TPSA) is 30.5 Å². The number of benzene rings is 2. The highest BCUT2D eigenvalue weighted by molar-refractivity contribution is 5.40. The van der Waals surface area contributed by atoms with E-state index in [0.717, 1.165) is 23.0 Å². The first-order valence-corrected chi connectivity index (χ1v) is 9.94. The molecule has 30 heavy (non-hydrogen) atoms. The fourth-order valence-electron chi connectivity index (χ4n) is 2.69. The molecule has 2 aromatic carbocycles. The third-order valence-corrected chi connectivity index (χ3v) is 4.96. The minimum absolute atomic E-state index is 0.134. The van der Waals surface area contributed by atoms with Crippen molar-refractivity contribution in [3.63, 3.8) is 0 Å². The zero-order chi connectivity index (χ0) is 22.0. The highest BCUT2D eigenvalue weighted by Gasteiger charge is 2.22. The Morgan fingerprint density at radius 2 is 1.50 bits per heavy atom. The molecule has 0 aliphatic carbocycles. The number of para-hydroxylation sites is 1. The number of hydrogen-bond donors (Lipinski definition) is 1. The van der Waals surface area contributed by atoms with Crippen molar-refractivity contribution in [2.75, 3.05) is 0 Å². The van der Waals surface area contributed by atoms with Crippen molar-refractivity contribution in [3.8, 4) is 11.5 Å². The fraction of sp³-hybridized carbons (Fsp3) is 0.185. The molecule has 3 heteroatoms. The Kier molecular flexibility index (Phi) is 8.30. The van der Waals surface area contributed by atoms with Gasteiger partial charge in [-0.1, -0.05) is 75.1 Å². The van der Waals surface area contributed by atoms with Gasteiger partial charge in [0.15, 0.2) is 0 Å². The Bertz CT molecular complexity index is 933. The minimum atomic E-state index is -0.134. The number of rotatable bonds is 10. The van der Waals surface area contributed by atoms with Crippen molar-refractivity contribution in [1.29, 1.82) is 0 Å². The summed E-state index contributed by atoms with van der Waals surface area (Å²) in [5.41, 5.74) is 5.89. The molecular formula is C27H31NO2. The van der Waals surface area contributed by atoms with Gasteiger partial charge in [0.1, 0.15) is 17.3 Å². The lowest BCUT2D eigenvalue weighted by Crippen LogP contribution is -2.18. The van der Waals surface area contributed by atoms with Crippen LogP contribution in [-0.2, 0) is 10.3 Å². The average Bonchev–Trinajstić information content (AvgIpc) is 2.76. The molecule has 1 N–H and O–H groups in total. The highest BCUT2D eigenvalue weighted by Crippen LogP contribution is 2.33. The summed E-state index contributed by atoms with van der Waals surface area (Å²) in [5.74, 6) is 2.40. The summed E-state index contributed by atoms with van der Waals surface area (Å²) in [5, 5.41) is 0. The van der Waals surface area contributed by atoms with Crippen molar-refractivity contribution in [3.05, 3.63) is 121 Å². The summed E-state index contributed by atoms with van der Waals surface area (Å²) in [7, 11) is 0. The van der Waals surface area contributed by atoms with Gasteiger partial charge in [0, 0.05) is 5.41 Å². The molecule has 0 unspecified atom stereocenters. The third kappa shape index (κ3) is 6.56. The van der Waals surface area contributed by atoms with Gasteiger partial charge >= 0.3 is 0 Å². The molecule has 0 aliphatic rings. The van der Waals surface area contributed by atoms with E-state index in [1.165, 1.54) is 11.1 Å². The van der Waals surface area contributed by atoms with Crippen LogP contribution >= 0.6 is 0 Å². The summed E-state index contributed by atoms with van der Waals surface area (Å²) in [6, 6.07) is 18.0. The molecular weight excluding hydrogens is 370 g/mol.